The van der Waals surface area contributed by atoms with Crippen molar-refractivity contribution >= 4 is 29.0 Å². The number of rotatable bonds is 2. The van der Waals surface area contributed by atoms with Gasteiger partial charge in [0.05, 0.1) is 11.2 Å². The molecular weight excluding hydrogens is 162 g/mol. The van der Waals surface area contributed by atoms with E-state index in [1.54, 1.807) is 17.9 Å². The molecule has 0 N–H and O–H groups in total. The number of nitrogens with zero attached hydrogens (tertiary/aromatic N) is 3. The number of halogens is 1. The van der Waals surface area contributed by atoms with Crippen LogP contribution in [0.3, 0.4) is 0 Å². The minimum Gasteiger partial charge on any atom is -0.265 e. The molecule has 0 amide bonds. The van der Waals surface area contributed by atoms with Crippen LogP contribution in [-0.2, 0) is 7.05 Å². The molecule has 0 saturated carbocycles. The van der Waals surface area contributed by atoms with Gasteiger partial charge in [-0.25, -0.2) is 0 Å². The molecule has 1 aromatic heterocycles. The average molecular weight is 170 g/mol. The predicted octanol–water partition coefficient (Wildman–Crippen LogP) is 1.96. The standard InChI is InChI=1S/C7H8ClN3/c1-5(8)7-6(9-2)4-10-11(7)3/h4H,1-2H2,3H3. The van der Waals surface area contributed by atoms with Gasteiger partial charge in [-0.1, -0.05) is 18.2 Å². The Hall–Kier alpha value is -1.09. The summed E-state index contributed by atoms with van der Waals surface area (Å²) in [7, 11) is 1.78. The van der Waals surface area contributed by atoms with Gasteiger partial charge < -0.3 is 0 Å². The second-order valence-corrected chi connectivity index (χ2v) is 2.52. The van der Waals surface area contributed by atoms with E-state index in [-0.39, 0.29) is 0 Å². The second-order valence-electron chi connectivity index (χ2n) is 2.07. The van der Waals surface area contributed by atoms with Crippen LogP contribution in [-0.4, -0.2) is 16.5 Å². The molecule has 0 aromatic carbocycles. The third-order valence-electron chi connectivity index (χ3n) is 1.35. The van der Waals surface area contributed by atoms with Gasteiger partial charge >= 0.3 is 0 Å². The molecule has 0 aliphatic carbocycles. The Labute approximate surface area is 70.0 Å². The van der Waals surface area contributed by atoms with Gasteiger partial charge in [-0.05, 0) is 6.72 Å². The largest absolute Gasteiger partial charge is 0.265 e. The van der Waals surface area contributed by atoms with E-state index in [4.69, 9.17) is 11.6 Å². The predicted molar refractivity (Wildman–Crippen MR) is 47.3 cm³/mol. The van der Waals surface area contributed by atoms with Gasteiger partial charge in [0.1, 0.15) is 11.4 Å². The lowest BCUT2D eigenvalue weighted by molar-refractivity contribution is 0.759. The Balaban J connectivity index is 3.28. The summed E-state index contributed by atoms with van der Waals surface area (Å²) in [4.78, 5) is 3.73. The lowest BCUT2D eigenvalue weighted by Crippen LogP contribution is -1.93. The monoisotopic (exact) mass is 169 g/mol. The summed E-state index contributed by atoms with van der Waals surface area (Å²) in [6.45, 7) is 6.97. The van der Waals surface area contributed by atoms with Crippen LogP contribution in [0.5, 0.6) is 0 Å². The highest BCUT2D eigenvalue weighted by atomic mass is 35.5. The number of aryl methyl sites for hydroxylation is 1. The van der Waals surface area contributed by atoms with Gasteiger partial charge in [0.25, 0.3) is 0 Å². The smallest absolute Gasteiger partial charge is 0.109 e. The van der Waals surface area contributed by atoms with E-state index in [1.165, 1.54) is 0 Å². The van der Waals surface area contributed by atoms with Crippen LogP contribution < -0.4 is 0 Å². The first-order valence-corrected chi connectivity index (χ1v) is 3.38. The lowest BCUT2D eigenvalue weighted by Gasteiger charge is -1.98. The molecule has 0 spiro atoms. The van der Waals surface area contributed by atoms with Crippen molar-refractivity contribution in [3.63, 3.8) is 0 Å². The highest BCUT2D eigenvalue weighted by molar-refractivity contribution is 6.48. The Morgan fingerprint density at radius 2 is 2.45 bits per heavy atom. The fourth-order valence-corrected chi connectivity index (χ4v) is 1.08. The maximum absolute atomic E-state index is 5.69. The van der Waals surface area contributed by atoms with Crippen molar-refractivity contribution in [1.82, 2.24) is 9.78 Å². The minimum atomic E-state index is 0.424. The third-order valence-corrected chi connectivity index (χ3v) is 1.53. The summed E-state index contributed by atoms with van der Waals surface area (Å²) in [6.07, 6.45) is 1.59. The van der Waals surface area contributed by atoms with E-state index in [1.807, 2.05) is 0 Å². The van der Waals surface area contributed by atoms with Crippen molar-refractivity contribution < 1.29 is 0 Å². The normalized spacial score (nSPS) is 9.64. The van der Waals surface area contributed by atoms with Gasteiger partial charge in [0.2, 0.25) is 0 Å². The number of aliphatic imine (C=N–C) groups is 1. The summed E-state index contributed by atoms with van der Waals surface area (Å²) < 4.78 is 1.61. The molecule has 0 atom stereocenters. The Kier molecular flexibility index (Phi) is 2.10. The van der Waals surface area contributed by atoms with E-state index < -0.39 is 0 Å². The van der Waals surface area contributed by atoms with E-state index in [2.05, 4.69) is 23.4 Å². The Morgan fingerprint density at radius 1 is 1.82 bits per heavy atom. The molecule has 3 nitrogen and oxygen atoms in total. The Morgan fingerprint density at radius 3 is 2.82 bits per heavy atom. The molecule has 0 bridgehead atoms. The lowest BCUT2D eigenvalue weighted by atomic mass is 10.3. The second kappa shape index (κ2) is 2.88. The van der Waals surface area contributed by atoms with Crippen molar-refractivity contribution in [1.29, 1.82) is 0 Å². The summed E-state index contributed by atoms with van der Waals surface area (Å²) >= 11 is 5.69. The zero-order valence-electron chi connectivity index (χ0n) is 6.21. The summed E-state index contributed by atoms with van der Waals surface area (Å²) in [6, 6.07) is 0. The summed E-state index contributed by atoms with van der Waals surface area (Å²) in [5.41, 5.74) is 1.37. The van der Waals surface area contributed by atoms with Crippen LogP contribution in [0.15, 0.2) is 17.8 Å². The highest BCUT2D eigenvalue weighted by Gasteiger charge is 2.07. The molecule has 1 aromatic rings. The molecule has 0 unspecified atom stereocenters. The Bertz CT molecular complexity index is 301. The van der Waals surface area contributed by atoms with Crippen LogP contribution in [0.25, 0.3) is 5.03 Å². The fraction of sp³-hybridized carbons (Fsp3) is 0.143. The first-order chi connectivity index (χ1) is 5.16. The van der Waals surface area contributed by atoms with E-state index in [9.17, 15) is 0 Å². The minimum absolute atomic E-state index is 0.424. The van der Waals surface area contributed by atoms with Crippen molar-refractivity contribution in [2.45, 2.75) is 0 Å². The molecule has 1 rings (SSSR count). The quantitative estimate of drug-likeness (QED) is 0.623. The molecule has 0 saturated heterocycles. The van der Waals surface area contributed by atoms with Crippen molar-refractivity contribution in [2.75, 3.05) is 0 Å². The zero-order valence-corrected chi connectivity index (χ0v) is 6.97. The molecule has 0 aliphatic heterocycles. The van der Waals surface area contributed by atoms with Gasteiger partial charge in [-0.2, -0.15) is 5.10 Å². The first-order valence-electron chi connectivity index (χ1n) is 3.00. The number of aromatic nitrogens is 2. The average Bonchev–Trinajstić information content (AvgIpc) is 2.30. The number of hydrogen-bond donors (Lipinski definition) is 0. The molecular formula is C7H8ClN3. The third kappa shape index (κ3) is 1.33. The van der Waals surface area contributed by atoms with Gasteiger partial charge in [0, 0.05) is 7.05 Å². The van der Waals surface area contributed by atoms with Crippen LogP contribution in [0, 0.1) is 0 Å². The van der Waals surface area contributed by atoms with Gasteiger partial charge in [-0.3, -0.25) is 9.67 Å². The van der Waals surface area contributed by atoms with Gasteiger partial charge in [-0.15, -0.1) is 0 Å². The van der Waals surface area contributed by atoms with Gasteiger partial charge in [0.15, 0.2) is 0 Å². The SMILES string of the molecule is C=Nc1cnn(C)c1C(=C)Cl. The summed E-state index contributed by atoms with van der Waals surface area (Å²) in [5, 5.41) is 4.37. The maximum Gasteiger partial charge on any atom is 0.109 e. The number of hydrogen-bond acceptors (Lipinski definition) is 2. The van der Waals surface area contributed by atoms with Crippen LogP contribution in [0.2, 0.25) is 0 Å². The fourth-order valence-electron chi connectivity index (χ4n) is 0.856. The van der Waals surface area contributed by atoms with Crippen molar-refractivity contribution in [2.24, 2.45) is 12.0 Å². The molecule has 11 heavy (non-hydrogen) atoms. The van der Waals surface area contributed by atoms with Crippen molar-refractivity contribution in [3.8, 4) is 0 Å². The molecule has 0 radical (unpaired) electrons. The first kappa shape index (κ1) is 8.01. The van der Waals surface area contributed by atoms with Crippen molar-refractivity contribution in [3.05, 3.63) is 18.5 Å². The molecule has 4 heteroatoms. The molecule has 0 aliphatic rings. The van der Waals surface area contributed by atoms with Crippen LogP contribution in [0.4, 0.5) is 5.69 Å². The van der Waals surface area contributed by atoms with Crippen LogP contribution in [0.1, 0.15) is 5.69 Å². The summed E-state index contributed by atoms with van der Waals surface area (Å²) in [5.74, 6) is 0. The zero-order chi connectivity index (χ0) is 8.43. The highest BCUT2D eigenvalue weighted by Crippen LogP contribution is 2.26. The maximum atomic E-state index is 5.69. The van der Waals surface area contributed by atoms with E-state index >= 15 is 0 Å². The molecule has 1 heterocycles. The molecule has 0 fully saturated rings. The topological polar surface area (TPSA) is 30.2 Å². The van der Waals surface area contributed by atoms with E-state index in [0.717, 1.165) is 0 Å². The van der Waals surface area contributed by atoms with Crippen LogP contribution >= 0.6 is 11.6 Å². The molecule has 58 valence electrons. The van der Waals surface area contributed by atoms with E-state index in [0.29, 0.717) is 16.4 Å².